The SMILES string of the molecule is O=C(CSc1ccc([N+](=O)[O-])cn1)Nc1ccc([N+](=O)[O-])cc1. The molecule has 1 aromatic carbocycles. The van der Waals surface area contributed by atoms with Gasteiger partial charge >= 0.3 is 0 Å². The molecule has 0 fully saturated rings. The highest BCUT2D eigenvalue weighted by Gasteiger charge is 2.09. The number of amides is 1. The van der Waals surface area contributed by atoms with Crippen molar-refractivity contribution in [2.45, 2.75) is 5.03 Å². The van der Waals surface area contributed by atoms with Crippen LogP contribution in [0.25, 0.3) is 0 Å². The molecule has 9 nitrogen and oxygen atoms in total. The molecular weight excluding hydrogens is 324 g/mol. The van der Waals surface area contributed by atoms with Crippen LogP contribution in [0.5, 0.6) is 0 Å². The van der Waals surface area contributed by atoms with E-state index < -0.39 is 9.85 Å². The average molecular weight is 334 g/mol. The predicted octanol–water partition coefficient (Wildman–Crippen LogP) is 2.63. The summed E-state index contributed by atoms with van der Waals surface area (Å²) >= 11 is 1.12. The fourth-order valence-electron chi connectivity index (χ4n) is 1.57. The smallest absolute Gasteiger partial charge is 0.287 e. The van der Waals surface area contributed by atoms with E-state index in [2.05, 4.69) is 10.3 Å². The molecule has 1 amide bonds. The van der Waals surface area contributed by atoms with Crippen LogP contribution in [0.4, 0.5) is 17.1 Å². The Labute approximate surface area is 134 Å². The standard InChI is InChI=1S/C13H10N4O5S/c18-12(15-9-1-3-10(4-2-9)16(19)20)8-23-13-6-5-11(7-14-13)17(21)22/h1-7H,8H2,(H,15,18). The lowest BCUT2D eigenvalue weighted by Crippen LogP contribution is -2.14. The molecule has 1 heterocycles. The van der Waals surface area contributed by atoms with Gasteiger partial charge in [-0.1, -0.05) is 11.8 Å². The van der Waals surface area contributed by atoms with E-state index in [4.69, 9.17) is 0 Å². The van der Waals surface area contributed by atoms with E-state index in [1.807, 2.05) is 0 Å². The van der Waals surface area contributed by atoms with Crippen LogP contribution in [-0.4, -0.2) is 26.5 Å². The summed E-state index contributed by atoms with van der Waals surface area (Å²) in [5, 5.41) is 24.1. The largest absolute Gasteiger partial charge is 0.325 e. The third kappa shape index (κ3) is 4.74. The number of nitrogens with one attached hydrogen (secondary N) is 1. The Kier molecular flexibility index (Phi) is 5.20. The third-order valence-electron chi connectivity index (χ3n) is 2.64. The fraction of sp³-hybridized carbons (Fsp3) is 0.0769. The highest BCUT2D eigenvalue weighted by molar-refractivity contribution is 7.99. The normalized spacial score (nSPS) is 10.1. The second-order valence-corrected chi connectivity index (χ2v) is 5.25. The summed E-state index contributed by atoms with van der Waals surface area (Å²) in [7, 11) is 0. The number of anilines is 1. The van der Waals surface area contributed by atoms with Gasteiger partial charge in [0.2, 0.25) is 5.91 Å². The minimum Gasteiger partial charge on any atom is -0.325 e. The van der Waals surface area contributed by atoms with Gasteiger partial charge in [0.1, 0.15) is 6.20 Å². The molecule has 23 heavy (non-hydrogen) atoms. The zero-order chi connectivity index (χ0) is 16.8. The van der Waals surface area contributed by atoms with E-state index in [0.29, 0.717) is 10.7 Å². The molecular formula is C13H10N4O5S. The first kappa shape index (κ1) is 16.4. The first-order valence-electron chi connectivity index (χ1n) is 6.23. The topological polar surface area (TPSA) is 128 Å². The zero-order valence-electron chi connectivity index (χ0n) is 11.5. The average Bonchev–Trinajstić information content (AvgIpc) is 2.54. The number of aromatic nitrogens is 1. The van der Waals surface area contributed by atoms with Gasteiger partial charge in [0.25, 0.3) is 11.4 Å². The van der Waals surface area contributed by atoms with Crippen molar-refractivity contribution in [3.8, 4) is 0 Å². The molecule has 0 aliphatic heterocycles. The first-order valence-corrected chi connectivity index (χ1v) is 7.22. The molecule has 0 bridgehead atoms. The Morgan fingerprint density at radius 1 is 1.04 bits per heavy atom. The van der Waals surface area contributed by atoms with Crippen molar-refractivity contribution in [2.24, 2.45) is 0 Å². The second kappa shape index (κ2) is 7.31. The summed E-state index contributed by atoms with van der Waals surface area (Å²) in [6, 6.07) is 8.22. The first-order chi connectivity index (χ1) is 11.0. The molecule has 0 saturated heterocycles. The van der Waals surface area contributed by atoms with E-state index in [0.717, 1.165) is 18.0 Å². The van der Waals surface area contributed by atoms with E-state index in [1.165, 1.54) is 36.4 Å². The lowest BCUT2D eigenvalue weighted by Gasteiger charge is -2.04. The highest BCUT2D eigenvalue weighted by Crippen LogP contribution is 2.19. The molecule has 0 radical (unpaired) electrons. The summed E-state index contributed by atoms with van der Waals surface area (Å²) in [4.78, 5) is 35.6. The van der Waals surface area contributed by atoms with Gasteiger partial charge in [0, 0.05) is 23.9 Å². The molecule has 118 valence electrons. The maximum Gasteiger partial charge on any atom is 0.287 e. The van der Waals surface area contributed by atoms with E-state index >= 15 is 0 Å². The van der Waals surface area contributed by atoms with Crippen LogP contribution in [0.3, 0.4) is 0 Å². The lowest BCUT2D eigenvalue weighted by molar-refractivity contribution is -0.385. The number of thioether (sulfide) groups is 1. The number of hydrogen-bond donors (Lipinski definition) is 1. The van der Waals surface area contributed by atoms with Crippen molar-refractivity contribution in [3.05, 3.63) is 62.8 Å². The number of rotatable bonds is 6. The Morgan fingerprint density at radius 2 is 1.65 bits per heavy atom. The Hall–Kier alpha value is -3.01. The monoisotopic (exact) mass is 334 g/mol. The Morgan fingerprint density at radius 3 is 2.17 bits per heavy atom. The van der Waals surface area contributed by atoms with Crippen LogP contribution in [0.1, 0.15) is 0 Å². The number of nitro groups is 2. The Balaban J connectivity index is 1.87. The van der Waals surface area contributed by atoms with E-state index in [1.54, 1.807) is 0 Å². The molecule has 2 rings (SSSR count). The van der Waals surface area contributed by atoms with Crippen LogP contribution in [0, 0.1) is 20.2 Å². The van der Waals surface area contributed by atoms with Gasteiger partial charge in [-0.2, -0.15) is 0 Å². The van der Waals surface area contributed by atoms with Gasteiger partial charge in [0.05, 0.1) is 20.6 Å². The molecule has 10 heteroatoms. The van der Waals surface area contributed by atoms with Gasteiger partial charge in [-0.15, -0.1) is 0 Å². The van der Waals surface area contributed by atoms with Gasteiger partial charge in [-0.3, -0.25) is 25.0 Å². The fourth-order valence-corrected chi connectivity index (χ4v) is 2.21. The van der Waals surface area contributed by atoms with Crippen molar-refractivity contribution in [1.29, 1.82) is 0 Å². The van der Waals surface area contributed by atoms with Gasteiger partial charge in [-0.25, -0.2) is 4.98 Å². The minimum atomic E-state index is -0.553. The van der Waals surface area contributed by atoms with Crippen LogP contribution in [0.2, 0.25) is 0 Å². The van der Waals surface area contributed by atoms with Crippen LogP contribution in [0.15, 0.2) is 47.6 Å². The van der Waals surface area contributed by atoms with E-state index in [-0.39, 0.29) is 23.0 Å². The second-order valence-electron chi connectivity index (χ2n) is 4.25. The highest BCUT2D eigenvalue weighted by atomic mass is 32.2. The maximum absolute atomic E-state index is 11.8. The number of pyridine rings is 1. The molecule has 0 saturated carbocycles. The maximum atomic E-state index is 11.8. The molecule has 0 unspecified atom stereocenters. The van der Waals surface area contributed by atoms with E-state index in [9.17, 15) is 25.0 Å². The van der Waals surface area contributed by atoms with Crippen molar-refractivity contribution < 1.29 is 14.6 Å². The molecule has 0 spiro atoms. The van der Waals surface area contributed by atoms with Gasteiger partial charge in [0.15, 0.2) is 0 Å². The number of carbonyl (C=O) groups is 1. The zero-order valence-corrected chi connectivity index (χ0v) is 12.4. The molecule has 0 aliphatic carbocycles. The molecule has 0 aliphatic rings. The molecule has 1 N–H and O–H groups in total. The summed E-state index contributed by atoms with van der Waals surface area (Å²) in [5.74, 6) is -0.258. The molecule has 2 aromatic rings. The van der Waals surface area contributed by atoms with Crippen LogP contribution in [-0.2, 0) is 4.79 Å². The number of carbonyl (C=O) groups excluding carboxylic acids is 1. The third-order valence-corrected chi connectivity index (χ3v) is 3.59. The lowest BCUT2D eigenvalue weighted by atomic mass is 10.3. The minimum absolute atomic E-state index is 0.0573. The quantitative estimate of drug-likeness (QED) is 0.488. The number of non-ortho nitro benzene ring substituents is 1. The molecule has 1 aromatic heterocycles. The summed E-state index contributed by atoms with van der Waals surface area (Å²) in [6.45, 7) is 0. The van der Waals surface area contributed by atoms with Crippen molar-refractivity contribution >= 4 is 34.7 Å². The summed E-state index contributed by atoms with van der Waals surface area (Å²) in [5.41, 5.74) is 0.259. The molecule has 0 atom stereocenters. The van der Waals surface area contributed by atoms with Gasteiger partial charge in [-0.05, 0) is 18.2 Å². The number of nitrogens with zero attached hydrogens (tertiary/aromatic N) is 3. The Bertz CT molecular complexity index is 733. The van der Waals surface area contributed by atoms with Crippen LogP contribution < -0.4 is 5.32 Å². The number of nitro benzene ring substituents is 1. The van der Waals surface area contributed by atoms with Crippen molar-refractivity contribution in [2.75, 3.05) is 11.1 Å². The van der Waals surface area contributed by atoms with Crippen molar-refractivity contribution in [3.63, 3.8) is 0 Å². The number of benzene rings is 1. The summed E-state index contributed by atoms with van der Waals surface area (Å²) in [6.07, 6.45) is 1.12. The summed E-state index contributed by atoms with van der Waals surface area (Å²) < 4.78 is 0. The number of hydrogen-bond acceptors (Lipinski definition) is 7. The van der Waals surface area contributed by atoms with Crippen LogP contribution >= 0.6 is 11.8 Å². The van der Waals surface area contributed by atoms with Gasteiger partial charge < -0.3 is 5.32 Å². The predicted molar refractivity (Wildman–Crippen MR) is 83.3 cm³/mol. The van der Waals surface area contributed by atoms with Crippen molar-refractivity contribution in [1.82, 2.24) is 4.98 Å².